The van der Waals surface area contributed by atoms with E-state index in [0.717, 1.165) is 73.2 Å². The van der Waals surface area contributed by atoms with Gasteiger partial charge in [-0.3, -0.25) is 24.5 Å². The van der Waals surface area contributed by atoms with Crippen LogP contribution in [0.25, 0.3) is 33.4 Å². The summed E-state index contributed by atoms with van der Waals surface area (Å²) in [6, 6.07) is 8.15. The molecule has 0 saturated carbocycles. The fraction of sp³-hybridized carbons (Fsp3) is 0.581. The van der Waals surface area contributed by atoms with Gasteiger partial charge in [-0.15, -0.1) is 11.3 Å². The van der Waals surface area contributed by atoms with Gasteiger partial charge in [0.1, 0.15) is 6.04 Å². The normalized spacial score (nSPS) is 26.5. The van der Waals surface area contributed by atoms with Crippen LogP contribution in [0.15, 0.2) is 35.8 Å². The number of hydrogen-bond donors (Lipinski definition) is 2. The quantitative estimate of drug-likeness (QED) is 0.221. The topological polar surface area (TPSA) is 128 Å². The van der Waals surface area contributed by atoms with Crippen molar-refractivity contribution in [1.29, 1.82) is 0 Å². The first-order valence-electron chi connectivity index (χ1n) is 20.3. The molecule has 0 aliphatic carbocycles. The molecule has 55 heavy (non-hydrogen) atoms. The minimum atomic E-state index is -0.808. The molecular weight excluding hydrogens is 711 g/mol. The number of amides is 1. The molecule has 3 aromatic heterocycles. The number of thiazole rings is 1. The number of nitrogens with one attached hydrogen (secondary N) is 1. The van der Waals surface area contributed by atoms with Crippen molar-refractivity contribution in [2.24, 2.45) is 11.1 Å². The zero-order chi connectivity index (χ0) is 38.6. The summed E-state index contributed by atoms with van der Waals surface area (Å²) in [5, 5.41) is 5.57. The van der Waals surface area contributed by atoms with Gasteiger partial charge in [0.15, 0.2) is 0 Å². The van der Waals surface area contributed by atoms with E-state index in [-0.39, 0.29) is 30.3 Å². The first-order chi connectivity index (χ1) is 26.4. The maximum Gasteiger partial charge on any atom is 0.324 e. The van der Waals surface area contributed by atoms with Crippen LogP contribution in [0.2, 0.25) is 0 Å². The number of carbonyl (C=O) groups is 2. The molecule has 5 atom stereocenters. The Balaban J connectivity index is 1.27. The summed E-state index contributed by atoms with van der Waals surface area (Å²) in [6.07, 6.45) is 6.29. The minimum absolute atomic E-state index is 0.216. The van der Waals surface area contributed by atoms with Crippen molar-refractivity contribution in [3.05, 3.63) is 57.7 Å². The lowest BCUT2D eigenvalue weighted by molar-refractivity contribution is -0.155. The number of esters is 1. The third-order valence-electron chi connectivity index (χ3n) is 12.4. The zero-order valence-corrected chi connectivity index (χ0v) is 34.1. The molecule has 1 amide bonds. The number of rotatable bonds is 4. The standard InChI is InChI=1S/C43H57N7O4S/c1-7-49-36-11-10-28-18-31(36)33(39(49)32-19-29(21-45-38(32)25(2)3)27-12-14-48-15-16-53-22-30(48)17-27)20-43(5,6)24-54-42(52)34-9-8-13-50(47-34)41(51)37(44)26(4)40-46-35(28)23-55-40/h10-11,18-19,21,23,25-27,30,34,37,47H,7-9,12-17,20,22,24,44H2,1-6H3/t26-,27-,30-,34-,37-/m0/s1. The molecule has 4 aliphatic heterocycles. The van der Waals surface area contributed by atoms with E-state index in [2.05, 4.69) is 85.4 Å². The van der Waals surface area contributed by atoms with Crippen molar-refractivity contribution < 1.29 is 19.1 Å². The Morgan fingerprint density at radius 1 is 1.13 bits per heavy atom. The largest absolute Gasteiger partial charge is 0.464 e. The van der Waals surface area contributed by atoms with Gasteiger partial charge < -0.3 is 19.8 Å². The number of nitrogens with zero attached hydrogens (tertiary/aromatic N) is 5. The Morgan fingerprint density at radius 2 is 1.96 bits per heavy atom. The van der Waals surface area contributed by atoms with E-state index in [4.69, 9.17) is 25.2 Å². The van der Waals surface area contributed by atoms with Crippen molar-refractivity contribution in [3.8, 4) is 22.5 Å². The number of cyclic esters (lactones) is 1. The summed E-state index contributed by atoms with van der Waals surface area (Å²) in [5.74, 6) is -0.255. The lowest BCUT2D eigenvalue weighted by Crippen LogP contribution is -2.59. The molecule has 7 heterocycles. The van der Waals surface area contributed by atoms with E-state index < -0.39 is 17.5 Å². The van der Waals surface area contributed by atoms with Crippen LogP contribution in [-0.4, -0.2) is 93.9 Å². The van der Waals surface area contributed by atoms with E-state index in [9.17, 15) is 9.59 Å². The number of morpholine rings is 1. The van der Waals surface area contributed by atoms with Crippen LogP contribution in [0, 0.1) is 5.41 Å². The molecule has 4 aromatic rings. The van der Waals surface area contributed by atoms with Crippen molar-refractivity contribution in [1.82, 2.24) is 29.9 Å². The first kappa shape index (κ1) is 38.2. The van der Waals surface area contributed by atoms with Gasteiger partial charge in [0, 0.05) is 70.6 Å². The summed E-state index contributed by atoms with van der Waals surface area (Å²) < 4.78 is 14.5. The highest BCUT2D eigenvalue weighted by Crippen LogP contribution is 2.44. The van der Waals surface area contributed by atoms with Gasteiger partial charge in [0.2, 0.25) is 0 Å². The van der Waals surface area contributed by atoms with Gasteiger partial charge in [0.25, 0.3) is 5.91 Å². The molecule has 12 heteroatoms. The lowest BCUT2D eigenvalue weighted by atomic mass is 9.82. The second kappa shape index (κ2) is 15.3. The van der Waals surface area contributed by atoms with Crippen molar-refractivity contribution in [2.45, 2.75) is 116 Å². The molecule has 0 radical (unpaired) electrons. The van der Waals surface area contributed by atoms with Crippen LogP contribution in [0.3, 0.4) is 0 Å². The fourth-order valence-corrected chi connectivity index (χ4v) is 10.2. The second-order valence-corrected chi connectivity index (χ2v) is 18.2. The van der Waals surface area contributed by atoms with E-state index >= 15 is 0 Å². The molecule has 6 bridgehead atoms. The van der Waals surface area contributed by atoms with Crippen LogP contribution in [0.4, 0.5) is 0 Å². The number of ether oxygens (including phenoxy) is 2. The molecular formula is C43H57N7O4S. The number of aromatic nitrogens is 3. The molecule has 1 aromatic carbocycles. The Bertz CT molecular complexity index is 2070. The highest BCUT2D eigenvalue weighted by atomic mass is 32.1. The third kappa shape index (κ3) is 7.36. The average molecular weight is 768 g/mol. The minimum Gasteiger partial charge on any atom is -0.464 e. The van der Waals surface area contributed by atoms with Gasteiger partial charge in [-0.1, -0.05) is 40.7 Å². The highest BCUT2D eigenvalue weighted by molar-refractivity contribution is 7.10. The smallest absolute Gasteiger partial charge is 0.324 e. The Morgan fingerprint density at radius 3 is 2.76 bits per heavy atom. The van der Waals surface area contributed by atoms with Crippen molar-refractivity contribution in [2.75, 3.05) is 39.5 Å². The van der Waals surface area contributed by atoms with Crippen LogP contribution in [0.5, 0.6) is 0 Å². The first-order valence-corrected chi connectivity index (χ1v) is 21.2. The number of pyridine rings is 1. The van der Waals surface area contributed by atoms with Crippen molar-refractivity contribution in [3.63, 3.8) is 0 Å². The van der Waals surface area contributed by atoms with Crippen LogP contribution in [0.1, 0.15) is 107 Å². The van der Waals surface area contributed by atoms with Crippen LogP contribution in [-0.2, 0) is 32.0 Å². The third-order valence-corrected chi connectivity index (χ3v) is 13.4. The van der Waals surface area contributed by atoms with Gasteiger partial charge in [0.05, 0.1) is 48.0 Å². The fourth-order valence-electron chi connectivity index (χ4n) is 9.22. The van der Waals surface area contributed by atoms with Gasteiger partial charge in [-0.2, -0.15) is 0 Å². The number of piperidine rings is 1. The van der Waals surface area contributed by atoms with Crippen molar-refractivity contribution >= 4 is 34.1 Å². The number of carbonyl (C=O) groups excluding carboxylic acids is 2. The predicted molar refractivity (Wildman–Crippen MR) is 217 cm³/mol. The summed E-state index contributed by atoms with van der Waals surface area (Å²) >= 11 is 1.54. The van der Waals surface area contributed by atoms with E-state index in [0.29, 0.717) is 37.8 Å². The number of aryl methyl sites for hydroxylation is 1. The monoisotopic (exact) mass is 767 g/mol. The number of fused-ring (bicyclic) bond motifs is 7. The summed E-state index contributed by atoms with van der Waals surface area (Å²) in [6.45, 7) is 18.2. The zero-order valence-electron chi connectivity index (χ0n) is 33.3. The molecule has 294 valence electrons. The summed E-state index contributed by atoms with van der Waals surface area (Å²) in [5.41, 5.74) is 18.4. The molecule has 11 nitrogen and oxygen atoms in total. The van der Waals surface area contributed by atoms with E-state index in [1.807, 2.05) is 6.92 Å². The molecule has 3 N–H and O–H groups in total. The lowest BCUT2D eigenvalue weighted by Gasteiger charge is -2.42. The van der Waals surface area contributed by atoms with Gasteiger partial charge >= 0.3 is 5.97 Å². The van der Waals surface area contributed by atoms with Gasteiger partial charge in [-0.05, 0) is 86.7 Å². The predicted octanol–water partition coefficient (Wildman–Crippen LogP) is 6.60. The van der Waals surface area contributed by atoms with Crippen LogP contribution >= 0.6 is 11.3 Å². The molecule has 8 rings (SSSR count). The Kier molecular flexibility index (Phi) is 10.7. The Hall–Kier alpha value is -3.68. The van der Waals surface area contributed by atoms with Crippen LogP contribution < -0.4 is 11.2 Å². The molecule has 3 saturated heterocycles. The van der Waals surface area contributed by atoms with E-state index in [1.54, 1.807) is 0 Å². The maximum absolute atomic E-state index is 13.6. The number of hydrazine groups is 1. The highest BCUT2D eigenvalue weighted by Gasteiger charge is 2.37. The summed E-state index contributed by atoms with van der Waals surface area (Å²) in [7, 11) is 0. The van der Waals surface area contributed by atoms with E-state index in [1.165, 1.54) is 44.1 Å². The average Bonchev–Trinajstić information content (AvgIpc) is 3.81. The number of benzene rings is 1. The Labute approximate surface area is 328 Å². The molecule has 4 aliphatic rings. The maximum atomic E-state index is 13.6. The molecule has 0 spiro atoms. The molecule has 3 fully saturated rings. The SMILES string of the molecule is CCn1c(-c2cc([C@H]3CCN4CCOC[C@@H]4C3)cnc2C(C)C)c2c3cc(ccc31)-c1csc(n1)[C@@H](C)[C@H](N)C(=O)N1CCC[C@H](N1)C(=O)OCC(C)(C)C2. The second-order valence-electron chi connectivity index (χ2n) is 17.3. The molecule has 0 unspecified atom stereocenters. The number of hydrogen-bond acceptors (Lipinski definition) is 10. The number of nitrogens with two attached hydrogens (primary N) is 1. The van der Waals surface area contributed by atoms with Gasteiger partial charge in [-0.25, -0.2) is 10.4 Å². The summed E-state index contributed by atoms with van der Waals surface area (Å²) in [4.78, 5) is 40.1.